The summed E-state index contributed by atoms with van der Waals surface area (Å²) in [5.74, 6) is 0.836. The van der Waals surface area contributed by atoms with Gasteiger partial charge < -0.3 is 5.73 Å². The third kappa shape index (κ3) is 0.701. The maximum Gasteiger partial charge on any atom is 0.124 e. The normalized spacial score (nSPS) is 17.7. The molecule has 0 saturated heterocycles. The Bertz CT molecular complexity index is 247. The third-order valence-corrected chi connectivity index (χ3v) is 1.92. The average Bonchev–Trinajstić information content (AvgIpc) is 2.67. The molecule has 1 aliphatic carbocycles. The molecule has 0 radical (unpaired) electrons. The molecule has 1 fully saturated rings. The zero-order valence-corrected chi connectivity index (χ0v) is 6.04. The summed E-state index contributed by atoms with van der Waals surface area (Å²) in [6.07, 6.45) is 4.31. The predicted octanol–water partition coefficient (Wildman–Crippen LogP) is 1.11. The van der Waals surface area contributed by atoms with Gasteiger partial charge in [0.05, 0.1) is 12.2 Å². The fraction of sp³-hybridized carbons (Fsp3) is 0.571. The highest BCUT2D eigenvalue weighted by atomic mass is 15.3. The lowest BCUT2D eigenvalue weighted by Gasteiger charge is -1.99. The van der Waals surface area contributed by atoms with Crippen molar-refractivity contribution in [2.45, 2.75) is 25.8 Å². The molecule has 2 N–H and O–H groups in total. The molecular weight excluding hydrogens is 126 g/mol. The average molecular weight is 137 g/mol. The Balaban J connectivity index is 2.40. The number of nitrogens with zero attached hydrogens (tertiary/aromatic N) is 2. The van der Waals surface area contributed by atoms with E-state index in [1.54, 1.807) is 0 Å². The first-order valence-corrected chi connectivity index (χ1v) is 3.58. The smallest absolute Gasteiger partial charge is 0.124 e. The lowest BCUT2D eigenvalue weighted by atomic mass is 10.4. The molecule has 2 rings (SSSR count). The minimum absolute atomic E-state index is 0.605. The number of hydrogen-bond donors (Lipinski definition) is 1. The fourth-order valence-electron chi connectivity index (χ4n) is 1.07. The summed E-state index contributed by atoms with van der Waals surface area (Å²) < 4.78 is 1.93. The monoisotopic (exact) mass is 137 g/mol. The van der Waals surface area contributed by atoms with E-state index in [1.807, 2.05) is 17.8 Å². The highest BCUT2D eigenvalue weighted by molar-refractivity contribution is 5.38. The first-order chi connectivity index (χ1) is 4.79. The Morgan fingerprint density at radius 1 is 1.70 bits per heavy atom. The number of aryl methyl sites for hydroxylation is 1. The SMILES string of the molecule is Cc1cnn(C2CC2)c1N. The van der Waals surface area contributed by atoms with Crippen molar-refractivity contribution in [1.82, 2.24) is 9.78 Å². The van der Waals surface area contributed by atoms with Gasteiger partial charge in [0.1, 0.15) is 5.82 Å². The number of nitrogens with two attached hydrogens (primary N) is 1. The van der Waals surface area contributed by atoms with Gasteiger partial charge in [-0.15, -0.1) is 0 Å². The van der Waals surface area contributed by atoms with E-state index in [9.17, 15) is 0 Å². The molecule has 1 heterocycles. The molecule has 0 bridgehead atoms. The second kappa shape index (κ2) is 1.75. The second-order valence-corrected chi connectivity index (χ2v) is 2.89. The van der Waals surface area contributed by atoms with Gasteiger partial charge in [-0.2, -0.15) is 5.10 Å². The summed E-state index contributed by atoms with van der Waals surface area (Å²) in [6, 6.07) is 0.605. The highest BCUT2D eigenvalue weighted by Crippen LogP contribution is 2.36. The number of aromatic nitrogens is 2. The number of nitrogen functional groups attached to an aromatic ring is 1. The Labute approximate surface area is 59.8 Å². The molecule has 3 heteroatoms. The quantitative estimate of drug-likeness (QED) is 0.630. The van der Waals surface area contributed by atoms with Crippen LogP contribution in [0.3, 0.4) is 0 Å². The van der Waals surface area contributed by atoms with E-state index in [0.29, 0.717) is 6.04 Å². The van der Waals surface area contributed by atoms with Crippen molar-refractivity contribution in [2.24, 2.45) is 0 Å². The van der Waals surface area contributed by atoms with E-state index < -0.39 is 0 Å². The largest absolute Gasteiger partial charge is 0.384 e. The van der Waals surface area contributed by atoms with Crippen LogP contribution in [0.2, 0.25) is 0 Å². The summed E-state index contributed by atoms with van der Waals surface area (Å²) >= 11 is 0. The highest BCUT2D eigenvalue weighted by Gasteiger charge is 2.26. The van der Waals surface area contributed by atoms with Crippen LogP contribution in [0.5, 0.6) is 0 Å². The molecule has 1 aromatic rings. The predicted molar refractivity (Wildman–Crippen MR) is 39.6 cm³/mol. The van der Waals surface area contributed by atoms with E-state index in [-0.39, 0.29) is 0 Å². The van der Waals surface area contributed by atoms with Crippen LogP contribution in [0.1, 0.15) is 24.4 Å². The van der Waals surface area contributed by atoms with Crippen LogP contribution in [-0.4, -0.2) is 9.78 Å². The van der Waals surface area contributed by atoms with Gasteiger partial charge in [-0.3, -0.25) is 0 Å². The Morgan fingerprint density at radius 3 is 2.80 bits per heavy atom. The summed E-state index contributed by atoms with van der Waals surface area (Å²) in [4.78, 5) is 0. The minimum Gasteiger partial charge on any atom is -0.384 e. The second-order valence-electron chi connectivity index (χ2n) is 2.89. The number of rotatable bonds is 1. The molecule has 1 saturated carbocycles. The van der Waals surface area contributed by atoms with Crippen molar-refractivity contribution in [3.63, 3.8) is 0 Å². The van der Waals surface area contributed by atoms with Crippen LogP contribution in [-0.2, 0) is 0 Å². The zero-order chi connectivity index (χ0) is 7.14. The third-order valence-electron chi connectivity index (χ3n) is 1.92. The maximum absolute atomic E-state index is 5.74. The van der Waals surface area contributed by atoms with Crippen LogP contribution in [0, 0.1) is 6.92 Å². The summed E-state index contributed by atoms with van der Waals surface area (Å²) in [7, 11) is 0. The van der Waals surface area contributed by atoms with Gasteiger partial charge in [-0.25, -0.2) is 4.68 Å². The molecular formula is C7H11N3. The Kier molecular flexibility index (Phi) is 1.01. The first kappa shape index (κ1) is 5.77. The van der Waals surface area contributed by atoms with Gasteiger partial charge in [-0.05, 0) is 19.8 Å². The zero-order valence-electron chi connectivity index (χ0n) is 6.04. The molecule has 0 unspecified atom stereocenters. The van der Waals surface area contributed by atoms with Gasteiger partial charge in [0.25, 0.3) is 0 Å². The van der Waals surface area contributed by atoms with Crippen molar-refractivity contribution in [3.05, 3.63) is 11.8 Å². The number of hydrogen-bond acceptors (Lipinski definition) is 2. The standard InChI is InChI=1S/C7H11N3/c1-5-4-9-10(7(5)8)6-2-3-6/h4,6H,2-3,8H2,1H3. The van der Waals surface area contributed by atoms with Gasteiger partial charge >= 0.3 is 0 Å². The van der Waals surface area contributed by atoms with Crippen molar-refractivity contribution in [2.75, 3.05) is 5.73 Å². The van der Waals surface area contributed by atoms with Crippen LogP contribution in [0.4, 0.5) is 5.82 Å². The summed E-state index contributed by atoms with van der Waals surface area (Å²) in [6.45, 7) is 1.99. The molecule has 54 valence electrons. The number of anilines is 1. The van der Waals surface area contributed by atoms with Crippen LogP contribution >= 0.6 is 0 Å². The van der Waals surface area contributed by atoms with E-state index in [0.717, 1.165) is 11.4 Å². The van der Waals surface area contributed by atoms with Gasteiger partial charge in [0.15, 0.2) is 0 Å². The molecule has 0 amide bonds. The van der Waals surface area contributed by atoms with E-state index in [1.165, 1.54) is 12.8 Å². The first-order valence-electron chi connectivity index (χ1n) is 3.58. The van der Waals surface area contributed by atoms with Crippen LogP contribution < -0.4 is 5.73 Å². The van der Waals surface area contributed by atoms with Crippen molar-refractivity contribution in [1.29, 1.82) is 0 Å². The molecule has 0 spiro atoms. The Morgan fingerprint density at radius 2 is 2.40 bits per heavy atom. The van der Waals surface area contributed by atoms with Crippen molar-refractivity contribution < 1.29 is 0 Å². The topological polar surface area (TPSA) is 43.8 Å². The molecule has 1 aliphatic rings. The Hall–Kier alpha value is -0.990. The molecule has 0 atom stereocenters. The van der Waals surface area contributed by atoms with Crippen LogP contribution in [0.25, 0.3) is 0 Å². The summed E-state index contributed by atoms with van der Waals surface area (Å²) in [5.41, 5.74) is 6.83. The molecule has 1 aromatic heterocycles. The molecule has 0 aromatic carbocycles. The van der Waals surface area contributed by atoms with Gasteiger partial charge in [0.2, 0.25) is 0 Å². The lowest BCUT2D eigenvalue weighted by Crippen LogP contribution is -2.01. The molecule has 3 nitrogen and oxygen atoms in total. The maximum atomic E-state index is 5.74. The van der Waals surface area contributed by atoms with E-state index in [2.05, 4.69) is 5.10 Å². The van der Waals surface area contributed by atoms with Crippen molar-refractivity contribution in [3.8, 4) is 0 Å². The van der Waals surface area contributed by atoms with Crippen molar-refractivity contribution >= 4 is 5.82 Å². The van der Waals surface area contributed by atoms with Gasteiger partial charge in [-0.1, -0.05) is 0 Å². The van der Waals surface area contributed by atoms with E-state index >= 15 is 0 Å². The molecule has 0 aliphatic heterocycles. The summed E-state index contributed by atoms with van der Waals surface area (Å²) in [5, 5.41) is 4.17. The fourth-order valence-corrected chi connectivity index (χ4v) is 1.07. The minimum atomic E-state index is 0.605. The van der Waals surface area contributed by atoms with E-state index in [4.69, 9.17) is 5.73 Å². The van der Waals surface area contributed by atoms with Crippen LogP contribution in [0.15, 0.2) is 6.20 Å². The molecule has 10 heavy (non-hydrogen) atoms. The van der Waals surface area contributed by atoms with Gasteiger partial charge in [0, 0.05) is 5.56 Å². The lowest BCUT2D eigenvalue weighted by molar-refractivity contribution is 0.651.